The van der Waals surface area contributed by atoms with Gasteiger partial charge in [-0.15, -0.1) is 0 Å². The van der Waals surface area contributed by atoms with E-state index in [-0.39, 0.29) is 34.2 Å². The second-order valence-corrected chi connectivity index (χ2v) is 8.69. The molecule has 11 heteroatoms. The van der Waals surface area contributed by atoms with Crippen molar-refractivity contribution in [1.29, 1.82) is 0 Å². The molecule has 172 valence electrons. The topological polar surface area (TPSA) is 106 Å². The maximum atomic E-state index is 12.3. The molecule has 2 aromatic carbocycles. The van der Waals surface area contributed by atoms with Crippen molar-refractivity contribution in [2.75, 3.05) is 19.0 Å². The number of hydrogen-bond acceptors (Lipinski definition) is 6. The van der Waals surface area contributed by atoms with Crippen LogP contribution in [0.15, 0.2) is 40.2 Å². The predicted molar refractivity (Wildman–Crippen MR) is 130 cm³/mol. The van der Waals surface area contributed by atoms with Crippen LogP contribution in [0.3, 0.4) is 0 Å². The van der Waals surface area contributed by atoms with Crippen LogP contribution in [0.5, 0.6) is 11.5 Å². The predicted octanol–water partition coefficient (Wildman–Crippen LogP) is 4.43. The number of carbonyl (C=O) groups excluding carboxylic acids is 3. The molecule has 0 atom stereocenters. The standard InChI is InChI=1S/C22H19Cl2N3O5S/c1-11-4-5-14(9-15(11)23)26-19(29)10-32-20-16(24)6-13(7-17(20)31-3)8-18-21(30)27-22(33-18)25-12(2)28/h4-9H,10H2,1-3H3,(H,26,29)(H,25,27,28,30)/b18-8-. The molecule has 33 heavy (non-hydrogen) atoms. The maximum Gasteiger partial charge on any atom is 0.286 e. The second-order valence-electron chi connectivity index (χ2n) is 6.85. The largest absolute Gasteiger partial charge is 0.493 e. The molecule has 2 N–H and O–H groups in total. The van der Waals surface area contributed by atoms with Crippen LogP contribution in [0.2, 0.25) is 10.0 Å². The number of amidine groups is 1. The number of rotatable bonds is 6. The van der Waals surface area contributed by atoms with Crippen LogP contribution in [0, 0.1) is 6.92 Å². The Morgan fingerprint density at radius 1 is 1.15 bits per heavy atom. The third-order valence-corrected chi connectivity index (χ3v) is 5.84. The molecular formula is C22H19Cl2N3O5S. The van der Waals surface area contributed by atoms with Crippen molar-refractivity contribution in [3.05, 3.63) is 56.4 Å². The van der Waals surface area contributed by atoms with Crippen molar-refractivity contribution in [3.8, 4) is 11.5 Å². The van der Waals surface area contributed by atoms with E-state index in [4.69, 9.17) is 32.7 Å². The SMILES string of the molecule is COc1cc(/C=C2\SC(NC(C)=O)=NC2=O)cc(Cl)c1OCC(=O)Nc1ccc(C)c(Cl)c1. The lowest BCUT2D eigenvalue weighted by atomic mass is 10.2. The third-order valence-electron chi connectivity index (χ3n) is 4.26. The molecule has 3 rings (SSSR count). The third kappa shape index (κ3) is 6.50. The van der Waals surface area contributed by atoms with Gasteiger partial charge in [0.05, 0.1) is 17.0 Å². The molecule has 3 amide bonds. The quantitative estimate of drug-likeness (QED) is 0.560. The first-order chi connectivity index (χ1) is 15.7. The molecule has 0 unspecified atom stereocenters. The highest BCUT2D eigenvalue weighted by atomic mass is 35.5. The van der Waals surface area contributed by atoms with Gasteiger partial charge in [0.2, 0.25) is 5.91 Å². The van der Waals surface area contributed by atoms with Gasteiger partial charge in [0.1, 0.15) is 0 Å². The van der Waals surface area contributed by atoms with Gasteiger partial charge in [0.15, 0.2) is 23.3 Å². The molecule has 8 nitrogen and oxygen atoms in total. The van der Waals surface area contributed by atoms with Gasteiger partial charge in [0, 0.05) is 17.6 Å². The lowest BCUT2D eigenvalue weighted by Crippen LogP contribution is -2.23. The highest BCUT2D eigenvalue weighted by Crippen LogP contribution is 2.38. The van der Waals surface area contributed by atoms with Crippen LogP contribution in [0.1, 0.15) is 18.1 Å². The summed E-state index contributed by atoms with van der Waals surface area (Å²) in [5.74, 6) is -0.754. The number of thioether (sulfide) groups is 1. The number of carbonyl (C=O) groups is 3. The van der Waals surface area contributed by atoms with Crippen LogP contribution >= 0.6 is 35.0 Å². The molecule has 2 aromatic rings. The van der Waals surface area contributed by atoms with E-state index in [0.717, 1.165) is 17.3 Å². The summed E-state index contributed by atoms with van der Waals surface area (Å²) >= 11 is 13.5. The Morgan fingerprint density at radius 3 is 2.58 bits per heavy atom. The van der Waals surface area contributed by atoms with Crippen molar-refractivity contribution in [2.24, 2.45) is 4.99 Å². The zero-order valence-electron chi connectivity index (χ0n) is 17.8. The van der Waals surface area contributed by atoms with Gasteiger partial charge in [0.25, 0.3) is 11.8 Å². The first-order valence-corrected chi connectivity index (χ1v) is 11.1. The molecule has 0 bridgehead atoms. The summed E-state index contributed by atoms with van der Waals surface area (Å²) in [6.07, 6.45) is 1.57. The van der Waals surface area contributed by atoms with Crippen LogP contribution < -0.4 is 20.1 Å². The molecule has 1 aliphatic heterocycles. The summed E-state index contributed by atoms with van der Waals surface area (Å²) < 4.78 is 10.9. The minimum Gasteiger partial charge on any atom is -0.493 e. The summed E-state index contributed by atoms with van der Waals surface area (Å²) in [6, 6.07) is 8.35. The van der Waals surface area contributed by atoms with Crippen LogP contribution in [0.25, 0.3) is 6.08 Å². The number of hydrogen-bond donors (Lipinski definition) is 2. The monoisotopic (exact) mass is 507 g/mol. The lowest BCUT2D eigenvalue weighted by Gasteiger charge is -2.14. The van der Waals surface area contributed by atoms with Gasteiger partial charge >= 0.3 is 0 Å². The molecule has 1 heterocycles. The number of aliphatic imine (C=N–C) groups is 1. The fourth-order valence-corrected chi connectivity index (χ4v) is 4.05. The van der Waals surface area contributed by atoms with Crippen molar-refractivity contribution in [2.45, 2.75) is 13.8 Å². The van der Waals surface area contributed by atoms with E-state index < -0.39 is 11.8 Å². The number of anilines is 1. The molecule has 0 aromatic heterocycles. The van der Waals surface area contributed by atoms with Gasteiger partial charge in [-0.2, -0.15) is 4.99 Å². The Labute approximate surface area is 204 Å². The van der Waals surface area contributed by atoms with Gasteiger partial charge in [-0.25, -0.2) is 0 Å². The van der Waals surface area contributed by atoms with Gasteiger partial charge in [-0.1, -0.05) is 29.3 Å². The number of ether oxygens (including phenoxy) is 2. The van der Waals surface area contributed by atoms with E-state index in [9.17, 15) is 14.4 Å². The molecule has 0 fully saturated rings. The number of amides is 3. The van der Waals surface area contributed by atoms with E-state index in [0.29, 0.717) is 21.2 Å². The normalized spacial score (nSPS) is 14.2. The number of nitrogens with zero attached hydrogens (tertiary/aromatic N) is 1. The smallest absolute Gasteiger partial charge is 0.286 e. The van der Waals surface area contributed by atoms with Crippen LogP contribution in [0.4, 0.5) is 5.69 Å². The van der Waals surface area contributed by atoms with E-state index in [1.54, 1.807) is 36.4 Å². The van der Waals surface area contributed by atoms with Crippen molar-refractivity contribution < 1.29 is 23.9 Å². The zero-order chi connectivity index (χ0) is 24.1. The highest BCUT2D eigenvalue weighted by molar-refractivity contribution is 8.18. The van der Waals surface area contributed by atoms with Crippen molar-refractivity contribution in [1.82, 2.24) is 5.32 Å². The van der Waals surface area contributed by atoms with Crippen molar-refractivity contribution >= 4 is 69.6 Å². The van der Waals surface area contributed by atoms with Crippen molar-refractivity contribution in [3.63, 3.8) is 0 Å². The van der Waals surface area contributed by atoms with E-state index in [1.165, 1.54) is 14.0 Å². The Balaban J connectivity index is 1.70. The minimum atomic E-state index is -0.480. The van der Waals surface area contributed by atoms with Gasteiger partial charge < -0.3 is 20.1 Å². The molecule has 0 saturated carbocycles. The average Bonchev–Trinajstić information content (AvgIpc) is 3.07. The molecule has 0 saturated heterocycles. The fourth-order valence-electron chi connectivity index (χ4n) is 2.73. The first-order valence-electron chi connectivity index (χ1n) is 9.52. The van der Waals surface area contributed by atoms with Crippen LogP contribution in [-0.2, 0) is 14.4 Å². The number of halogens is 2. The van der Waals surface area contributed by atoms with Gasteiger partial charge in [-0.05, 0) is 60.2 Å². The zero-order valence-corrected chi connectivity index (χ0v) is 20.2. The second kappa shape index (κ2) is 10.7. The molecule has 0 aliphatic carbocycles. The number of methoxy groups -OCH3 is 1. The van der Waals surface area contributed by atoms with E-state index in [1.807, 2.05) is 6.92 Å². The lowest BCUT2D eigenvalue weighted by molar-refractivity contribution is -0.118. The number of benzene rings is 2. The first kappa shape index (κ1) is 24.6. The number of nitrogens with one attached hydrogen (secondary N) is 2. The summed E-state index contributed by atoms with van der Waals surface area (Å²) in [5.41, 5.74) is 1.99. The average molecular weight is 508 g/mol. The summed E-state index contributed by atoms with van der Waals surface area (Å²) in [5, 5.41) is 6.10. The molecule has 0 spiro atoms. The van der Waals surface area contributed by atoms with Gasteiger partial charge in [-0.3, -0.25) is 14.4 Å². The van der Waals surface area contributed by atoms with Crippen LogP contribution in [-0.4, -0.2) is 36.6 Å². The summed E-state index contributed by atoms with van der Waals surface area (Å²) in [7, 11) is 1.43. The summed E-state index contributed by atoms with van der Waals surface area (Å²) in [6.45, 7) is 2.88. The van der Waals surface area contributed by atoms with E-state index in [2.05, 4.69) is 15.6 Å². The molecular weight excluding hydrogens is 489 g/mol. The maximum absolute atomic E-state index is 12.3. The molecule has 1 aliphatic rings. The minimum absolute atomic E-state index is 0.180. The molecule has 0 radical (unpaired) electrons. The fraction of sp³-hybridized carbons (Fsp3) is 0.182. The Bertz CT molecular complexity index is 1200. The number of aryl methyl sites for hydroxylation is 1. The summed E-state index contributed by atoms with van der Waals surface area (Å²) in [4.78, 5) is 39.6. The Hall–Kier alpha value is -3.01. The highest BCUT2D eigenvalue weighted by Gasteiger charge is 2.23. The Kier molecular flexibility index (Phi) is 8.01. The van der Waals surface area contributed by atoms with E-state index >= 15 is 0 Å². The Morgan fingerprint density at radius 2 is 1.91 bits per heavy atom.